The lowest BCUT2D eigenvalue weighted by molar-refractivity contribution is 0.144. The van der Waals surface area contributed by atoms with Crippen LogP contribution in [0.1, 0.15) is 45.7 Å². The fourth-order valence-corrected chi connectivity index (χ4v) is 3.62. The minimum atomic E-state index is 0.701. The van der Waals surface area contributed by atoms with Crippen molar-refractivity contribution < 1.29 is 4.74 Å². The van der Waals surface area contributed by atoms with Crippen LogP contribution in [-0.4, -0.2) is 56.5 Å². The van der Waals surface area contributed by atoms with E-state index in [-0.39, 0.29) is 0 Å². The third-order valence-corrected chi connectivity index (χ3v) is 5.45. The summed E-state index contributed by atoms with van der Waals surface area (Å²) in [6.45, 7) is 14.2. The van der Waals surface area contributed by atoms with Gasteiger partial charge in [-0.2, -0.15) is 10.2 Å². The summed E-state index contributed by atoms with van der Waals surface area (Å²) in [5.41, 5.74) is 3.54. The molecule has 0 aliphatic carbocycles. The van der Waals surface area contributed by atoms with E-state index in [0.717, 1.165) is 45.9 Å². The number of ether oxygens (including phenoxy) is 1. The van der Waals surface area contributed by atoms with Crippen LogP contribution in [0.4, 0.5) is 0 Å². The van der Waals surface area contributed by atoms with Gasteiger partial charge in [-0.15, -0.1) is 0 Å². The van der Waals surface area contributed by atoms with E-state index >= 15 is 0 Å². The highest BCUT2D eigenvalue weighted by molar-refractivity contribution is 5.94. The first-order chi connectivity index (χ1) is 15.6. The first-order valence-corrected chi connectivity index (χ1v) is 11.3. The molecule has 0 saturated carbocycles. The van der Waals surface area contributed by atoms with Crippen molar-refractivity contribution >= 4 is 16.5 Å². The SMILES string of the molecule is C/C=C\C.C=C(/C=C(\C)OCCN1CCCCC1)c1n[nH]c2ccc(-c3ncn[nH]3)cc12. The summed E-state index contributed by atoms with van der Waals surface area (Å²) in [5.74, 6) is 1.58. The van der Waals surface area contributed by atoms with Crippen LogP contribution in [-0.2, 0) is 4.74 Å². The Morgan fingerprint density at radius 2 is 1.94 bits per heavy atom. The van der Waals surface area contributed by atoms with Crippen LogP contribution in [0.2, 0.25) is 0 Å². The van der Waals surface area contributed by atoms with Crippen LogP contribution < -0.4 is 0 Å². The van der Waals surface area contributed by atoms with Gasteiger partial charge in [0.25, 0.3) is 0 Å². The number of nitrogens with zero attached hydrogens (tertiary/aromatic N) is 4. The summed E-state index contributed by atoms with van der Waals surface area (Å²) in [4.78, 5) is 6.69. The number of rotatable bonds is 7. The fourth-order valence-electron chi connectivity index (χ4n) is 3.62. The second-order valence-electron chi connectivity index (χ2n) is 7.86. The van der Waals surface area contributed by atoms with Crippen molar-refractivity contribution in [3.8, 4) is 11.4 Å². The predicted molar refractivity (Wildman–Crippen MR) is 131 cm³/mol. The number of aromatic amines is 2. The second-order valence-corrected chi connectivity index (χ2v) is 7.86. The Morgan fingerprint density at radius 1 is 1.16 bits per heavy atom. The van der Waals surface area contributed by atoms with Crippen LogP contribution in [0.3, 0.4) is 0 Å². The van der Waals surface area contributed by atoms with Crippen molar-refractivity contribution in [3.05, 3.63) is 60.8 Å². The number of H-pyrrole nitrogens is 2. The van der Waals surface area contributed by atoms with E-state index in [1.54, 1.807) is 0 Å². The van der Waals surface area contributed by atoms with Gasteiger partial charge >= 0.3 is 0 Å². The molecule has 2 N–H and O–H groups in total. The van der Waals surface area contributed by atoms with Gasteiger partial charge in [-0.1, -0.05) is 25.2 Å². The number of benzene rings is 1. The standard InChI is InChI=1S/C21H26N6O.C4H8/c1-15(12-16(2)28-11-10-27-8-4-3-5-9-27)20-18-13-17(21-22-14-23-26-21)6-7-19(18)24-25-20;1-3-4-2/h6-7,12-14H,1,3-5,8-11H2,2H3,(H,24,25)(H,22,23,26);3-4H,1-2H3/b16-12+;4-3-. The molecule has 1 aliphatic heterocycles. The number of likely N-dealkylation sites (tertiary alicyclic amines) is 1. The summed E-state index contributed by atoms with van der Waals surface area (Å²) in [7, 11) is 0. The number of aromatic nitrogens is 5. The van der Waals surface area contributed by atoms with Crippen molar-refractivity contribution in [3.63, 3.8) is 0 Å². The summed E-state index contributed by atoms with van der Waals surface area (Å²) in [6, 6.07) is 6.02. The molecule has 170 valence electrons. The van der Waals surface area contributed by atoms with Gasteiger partial charge in [0.1, 0.15) is 12.9 Å². The number of piperidine rings is 1. The molecular formula is C25H34N6O. The smallest absolute Gasteiger partial charge is 0.155 e. The summed E-state index contributed by atoms with van der Waals surface area (Å²) in [6.07, 6.45) is 11.4. The summed E-state index contributed by atoms with van der Waals surface area (Å²) < 4.78 is 5.91. The highest BCUT2D eigenvalue weighted by Gasteiger charge is 2.12. The topological polar surface area (TPSA) is 82.7 Å². The Balaban J connectivity index is 0.000000668. The van der Waals surface area contributed by atoms with Crippen LogP contribution >= 0.6 is 0 Å². The van der Waals surface area contributed by atoms with Gasteiger partial charge < -0.3 is 4.74 Å². The zero-order valence-corrected chi connectivity index (χ0v) is 19.4. The third kappa shape index (κ3) is 6.40. The molecule has 1 aliphatic rings. The molecule has 0 bridgehead atoms. The van der Waals surface area contributed by atoms with Crippen molar-refractivity contribution in [2.75, 3.05) is 26.2 Å². The molecule has 0 amide bonds. The Morgan fingerprint density at radius 3 is 2.62 bits per heavy atom. The van der Waals surface area contributed by atoms with E-state index in [0.29, 0.717) is 6.61 Å². The molecule has 7 heteroatoms. The van der Waals surface area contributed by atoms with Crippen molar-refractivity contribution in [2.45, 2.75) is 40.0 Å². The molecule has 2 aromatic heterocycles. The quantitative estimate of drug-likeness (QED) is 0.298. The Kier molecular flexibility index (Phi) is 8.80. The van der Waals surface area contributed by atoms with Gasteiger partial charge in [0.2, 0.25) is 0 Å². The number of allylic oxidation sites excluding steroid dienone is 5. The number of fused-ring (bicyclic) bond motifs is 1. The molecule has 7 nitrogen and oxygen atoms in total. The molecule has 1 aromatic carbocycles. The average molecular weight is 435 g/mol. The monoisotopic (exact) mass is 434 g/mol. The molecule has 3 heterocycles. The zero-order chi connectivity index (χ0) is 22.8. The van der Waals surface area contributed by atoms with Gasteiger partial charge in [-0.3, -0.25) is 15.1 Å². The lowest BCUT2D eigenvalue weighted by Crippen LogP contribution is -2.32. The number of hydrogen-bond acceptors (Lipinski definition) is 5. The van der Waals surface area contributed by atoms with Crippen molar-refractivity contribution in [2.24, 2.45) is 0 Å². The lowest BCUT2D eigenvalue weighted by atomic mass is 10.1. The second kappa shape index (κ2) is 12.0. The highest BCUT2D eigenvalue weighted by Crippen LogP contribution is 2.27. The van der Waals surface area contributed by atoms with E-state index in [1.165, 1.54) is 38.7 Å². The highest BCUT2D eigenvalue weighted by atomic mass is 16.5. The molecule has 1 saturated heterocycles. The normalized spacial score (nSPS) is 15.0. The van der Waals surface area contributed by atoms with Gasteiger partial charge in [-0.25, -0.2) is 4.98 Å². The molecular weight excluding hydrogens is 400 g/mol. The maximum absolute atomic E-state index is 5.91. The van der Waals surface area contributed by atoms with E-state index in [9.17, 15) is 0 Å². The Labute approximate surface area is 190 Å². The minimum Gasteiger partial charge on any atom is -0.497 e. The van der Waals surface area contributed by atoms with Crippen LogP contribution in [0.25, 0.3) is 27.9 Å². The lowest BCUT2D eigenvalue weighted by Gasteiger charge is -2.26. The maximum Gasteiger partial charge on any atom is 0.155 e. The van der Waals surface area contributed by atoms with Crippen molar-refractivity contribution in [1.82, 2.24) is 30.3 Å². The Bertz CT molecular complexity index is 1040. The summed E-state index contributed by atoms with van der Waals surface area (Å²) in [5, 5.41) is 15.3. The molecule has 3 aromatic rings. The Hall–Kier alpha value is -3.19. The number of hydrogen-bond donors (Lipinski definition) is 2. The van der Waals surface area contributed by atoms with Gasteiger partial charge in [-0.05, 0) is 76.6 Å². The minimum absolute atomic E-state index is 0.701. The number of nitrogens with one attached hydrogen (secondary N) is 2. The van der Waals surface area contributed by atoms with Crippen LogP contribution in [0, 0.1) is 0 Å². The molecule has 1 fully saturated rings. The largest absolute Gasteiger partial charge is 0.497 e. The summed E-state index contributed by atoms with van der Waals surface area (Å²) >= 11 is 0. The van der Waals surface area contributed by atoms with E-state index in [2.05, 4.69) is 36.9 Å². The zero-order valence-electron chi connectivity index (χ0n) is 19.4. The average Bonchev–Trinajstić information content (AvgIpc) is 3.49. The third-order valence-electron chi connectivity index (χ3n) is 5.45. The molecule has 0 unspecified atom stereocenters. The van der Waals surface area contributed by atoms with E-state index in [4.69, 9.17) is 4.74 Å². The predicted octanol–water partition coefficient (Wildman–Crippen LogP) is 5.35. The molecule has 32 heavy (non-hydrogen) atoms. The van der Waals surface area contributed by atoms with Crippen LogP contribution in [0.15, 0.2) is 55.1 Å². The van der Waals surface area contributed by atoms with E-state index < -0.39 is 0 Å². The fraction of sp³-hybridized carbons (Fsp3) is 0.400. The first-order valence-electron chi connectivity index (χ1n) is 11.3. The van der Waals surface area contributed by atoms with Crippen LogP contribution in [0.5, 0.6) is 0 Å². The maximum atomic E-state index is 5.91. The van der Waals surface area contributed by atoms with Gasteiger partial charge in [0, 0.05) is 17.5 Å². The molecule has 0 spiro atoms. The van der Waals surface area contributed by atoms with E-state index in [1.807, 2.05) is 57.2 Å². The van der Waals surface area contributed by atoms with Crippen molar-refractivity contribution in [1.29, 1.82) is 0 Å². The molecule has 4 rings (SSSR count). The molecule has 0 radical (unpaired) electrons. The first kappa shape index (κ1) is 23.5. The van der Waals surface area contributed by atoms with Gasteiger partial charge in [0.15, 0.2) is 5.82 Å². The molecule has 0 atom stereocenters. The van der Waals surface area contributed by atoms with Gasteiger partial charge in [0.05, 0.1) is 17.0 Å².